The lowest BCUT2D eigenvalue weighted by Crippen LogP contribution is -2.22. The van der Waals surface area contributed by atoms with Crippen molar-refractivity contribution in [1.29, 1.82) is 0 Å². The third kappa shape index (κ3) is 1.44. The minimum atomic E-state index is 0.525. The van der Waals surface area contributed by atoms with Gasteiger partial charge in [0.15, 0.2) is 0 Å². The van der Waals surface area contributed by atoms with E-state index in [0.717, 1.165) is 17.8 Å². The van der Waals surface area contributed by atoms with Gasteiger partial charge in [0.25, 0.3) is 0 Å². The third-order valence-corrected chi connectivity index (χ3v) is 3.70. The van der Waals surface area contributed by atoms with Crippen molar-refractivity contribution in [2.75, 3.05) is 0 Å². The Morgan fingerprint density at radius 3 is 2.64 bits per heavy atom. The molecule has 3 aliphatic carbocycles. The van der Waals surface area contributed by atoms with Crippen LogP contribution in [0.3, 0.4) is 0 Å². The highest BCUT2D eigenvalue weighted by Crippen LogP contribution is 2.41. The molecule has 11 heavy (non-hydrogen) atoms. The molecule has 64 valence electrons. The number of fused-ring (bicyclic) bond motifs is 4. The average Bonchev–Trinajstić information content (AvgIpc) is 2.16. The Balaban J connectivity index is 2.10. The number of nitrogens with two attached hydrogens (primary N) is 1. The van der Waals surface area contributed by atoms with Crippen molar-refractivity contribution in [3.63, 3.8) is 0 Å². The van der Waals surface area contributed by atoms with Gasteiger partial charge in [-0.25, -0.2) is 0 Å². The van der Waals surface area contributed by atoms with Crippen molar-refractivity contribution in [3.05, 3.63) is 0 Å². The van der Waals surface area contributed by atoms with Gasteiger partial charge in [0, 0.05) is 6.04 Å². The highest BCUT2D eigenvalue weighted by molar-refractivity contribution is 4.86. The summed E-state index contributed by atoms with van der Waals surface area (Å²) in [6.45, 7) is 2.41. The van der Waals surface area contributed by atoms with Gasteiger partial charge < -0.3 is 5.73 Å². The predicted molar refractivity (Wildman–Crippen MR) is 47.2 cm³/mol. The van der Waals surface area contributed by atoms with Crippen molar-refractivity contribution >= 4 is 0 Å². The summed E-state index contributed by atoms with van der Waals surface area (Å²) in [5, 5.41) is 0. The predicted octanol–water partition coefficient (Wildman–Crippen LogP) is 2.16. The molecule has 0 aliphatic heterocycles. The molecule has 2 N–H and O–H groups in total. The lowest BCUT2D eigenvalue weighted by Gasteiger charge is -2.29. The van der Waals surface area contributed by atoms with Gasteiger partial charge in [-0.05, 0) is 43.4 Å². The average molecular weight is 153 g/mol. The molecule has 3 saturated carbocycles. The van der Waals surface area contributed by atoms with E-state index in [0.29, 0.717) is 6.04 Å². The summed E-state index contributed by atoms with van der Waals surface area (Å²) < 4.78 is 0. The molecule has 0 spiro atoms. The first-order valence-corrected chi connectivity index (χ1v) is 5.01. The molecule has 0 radical (unpaired) electrons. The Hall–Kier alpha value is -0.0400. The van der Waals surface area contributed by atoms with E-state index in [1.54, 1.807) is 0 Å². The molecule has 3 fully saturated rings. The van der Waals surface area contributed by atoms with Crippen LogP contribution in [0.15, 0.2) is 0 Å². The molecule has 0 amide bonds. The van der Waals surface area contributed by atoms with E-state index in [1.165, 1.54) is 32.1 Å². The Morgan fingerprint density at radius 2 is 1.91 bits per heavy atom. The molecule has 0 aromatic rings. The summed E-state index contributed by atoms with van der Waals surface area (Å²) in [5.74, 6) is 2.89. The monoisotopic (exact) mass is 153 g/mol. The smallest absolute Gasteiger partial charge is 0.00442 e. The van der Waals surface area contributed by atoms with Gasteiger partial charge in [0.05, 0.1) is 0 Å². The van der Waals surface area contributed by atoms with E-state index in [2.05, 4.69) is 6.92 Å². The molecular weight excluding hydrogens is 134 g/mol. The van der Waals surface area contributed by atoms with Gasteiger partial charge in [-0.2, -0.15) is 0 Å². The van der Waals surface area contributed by atoms with E-state index >= 15 is 0 Å². The summed E-state index contributed by atoms with van der Waals surface area (Å²) in [6, 6.07) is 0.525. The van der Waals surface area contributed by atoms with Crippen LogP contribution in [0.2, 0.25) is 0 Å². The third-order valence-electron chi connectivity index (χ3n) is 3.70. The Kier molecular flexibility index (Phi) is 1.92. The summed E-state index contributed by atoms with van der Waals surface area (Å²) in [4.78, 5) is 0. The molecule has 0 aromatic heterocycles. The zero-order valence-electron chi connectivity index (χ0n) is 7.42. The minimum Gasteiger partial charge on any atom is -0.328 e. The van der Waals surface area contributed by atoms with Gasteiger partial charge in [-0.3, -0.25) is 0 Å². The van der Waals surface area contributed by atoms with E-state index in [1.807, 2.05) is 0 Å². The van der Waals surface area contributed by atoms with Gasteiger partial charge in [-0.15, -0.1) is 0 Å². The quantitative estimate of drug-likeness (QED) is 0.567. The SMILES string of the molecule is C[C@H]1C[C@H]2CCC1C[C@H](N)C2. The molecule has 0 saturated heterocycles. The van der Waals surface area contributed by atoms with Crippen molar-refractivity contribution in [1.82, 2.24) is 0 Å². The first-order chi connectivity index (χ1) is 5.25. The fraction of sp³-hybridized carbons (Fsp3) is 1.00. The fourth-order valence-corrected chi connectivity index (χ4v) is 3.05. The largest absolute Gasteiger partial charge is 0.328 e. The summed E-state index contributed by atoms with van der Waals surface area (Å²) in [5.41, 5.74) is 6.02. The highest BCUT2D eigenvalue weighted by atomic mass is 14.6. The Bertz CT molecular complexity index is 142. The van der Waals surface area contributed by atoms with Crippen LogP contribution >= 0.6 is 0 Å². The van der Waals surface area contributed by atoms with Crippen LogP contribution in [0.4, 0.5) is 0 Å². The second-order valence-corrected chi connectivity index (χ2v) is 4.65. The van der Waals surface area contributed by atoms with Crippen molar-refractivity contribution < 1.29 is 0 Å². The van der Waals surface area contributed by atoms with Gasteiger partial charge in [0.2, 0.25) is 0 Å². The number of rotatable bonds is 0. The first-order valence-electron chi connectivity index (χ1n) is 5.01. The van der Waals surface area contributed by atoms with Crippen LogP contribution in [0, 0.1) is 17.8 Å². The Labute approximate surface area is 69.4 Å². The second kappa shape index (κ2) is 2.78. The first kappa shape index (κ1) is 7.60. The Morgan fingerprint density at radius 1 is 1.09 bits per heavy atom. The number of hydrogen-bond acceptors (Lipinski definition) is 1. The lowest BCUT2D eigenvalue weighted by atomic mass is 9.77. The van der Waals surface area contributed by atoms with Crippen LogP contribution in [-0.4, -0.2) is 6.04 Å². The van der Waals surface area contributed by atoms with Crippen molar-refractivity contribution in [2.45, 2.75) is 45.1 Å². The molecule has 1 unspecified atom stereocenters. The number of hydrogen-bond donors (Lipinski definition) is 1. The molecule has 4 atom stereocenters. The van der Waals surface area contributed by atoms with Gasteiger partial charge in [0.1, 0.15) is 0 Å². The van der Waals surface area contributed by atoms with E-state index < -0.39 is 0 Å². The molecule has 2 bridgehead atoms. The van der Waals surface area contributed by atoms with Crippen molar-refractivity contribution in [2.24, 2.45) is 23.5 Å². The maximum Gasteiger partial charge on any atom is 0.00442 e. The summed E-state index contributed by atoms with van der Waals surface area (Å²) in [7, 11) is 0. The summed E-state index contributed by atoms with van der Waals surface area (Å²) in [6.07, 6.45) is 6.99. The summed E-state index contributed by atoms with van der Waals surface area (Å²) >= 11 is 0. The van der Waals surface area contributed by atoms with Crippen LogP contribution < -0.4 is 5.73 Å². The molecule has 1 nitrogen and oxygen atoms in total. The standard InChI is InChI=1S/C10H19N/c1-7-4-8-2-3-9(7)6-10(11)5-8/h7-10H,2-6,11H2,1H3/t7-,8+,9?,10+/m0/s1. The lowest BCUT2D eigenvalue weighted by molar-refractivity contribution is 0.219. The zero-order chi connectivity index (χ0) is 7.84. The van der Waals surface area contributed by atoms with E-state index in [4.69, 9.17) is 5.73 Å². The van der Waals surface area contributed by atoms with E-state index in [-0.39, 0.29) is 0 Å². The maximum absolute atomic E-state index is 6.02. The van der Waals surface area contributed by atoms with Crippen LogP contribution in [0.5, 0.6) is 0 Å². The van der Waals surface area contributed by atoms with Gasteiger partial charge in [-0.1, -0.05) is 13.3 Å². The molecule has 3 rings (SSSR count). The zero-order valence-corrected chi connectivity index (χ0v) is 7.42. The fourth-order valence-electron chi connectivity index (χ4n) is 3.05. The van der Waals surface area contributed by atoms with Crippen LogP contribution in [-0.2, 0) is 0 Å². The normalized spacial score (nSPS) is 50.7. The second-order valence-electron chi connectivity index (χ2n) is 4.65. The molecule has 1 heteroatoms. The minimum absolute atomic E-state index is 0.525. The molecular formula is C10H19N. The van der Waals surface area contributed by atoms with E-state index in [9.17, 15) is 0 Å². The highest BCUT2D eigenvalue weighted by Gasteiger charge is 2.33. The van der Waals surface area contributed by atoms with Crippen molar-refractivity contribution in [3.8, 4) is 0 Å². The van der Waals surface area contributed by atoms with Crippen LogP contribution in [0.1, 0.15) is 39.0 Å². The topological polar surface area (TPSA) is 26.0 Å². The van der Waals surface area contributed by atoms with Crippen LogP contribution in [0.25, 0.3) is 0 Å². The molecule has 0 heterocycles. The molecule has 0 aromatic carbocycles. The maximum atomic E-state index is 6.02. The molecule has 3 aliphatic rings. The van der Waals surface area contributed by atoms with Gasteiger partial charge >= 0.3 is 0 Å².